The number of aromatic nitrogens is 2. The highest BCUT2D eigenvalue weighted by Crippen LogP contribution is 2.21. The Morgan fingerprint density at radius 3 is 2.58 bits per heavy atom. The number of methoxy groups -OCH3 is 1. The summed E-state index contributed by atoms with van der Waals surface area (Å²) < 4.78 is 10.7. The molecule has 0 atom stereocenters. The first-order valence-corrected chi connectivity index (χ1v) is 5.99. The van der Waals surface area contributed by atoms with Crippen molar-refractivity contribution in [2.45, 2.75) is 13.2 Å². The van der Waals surface area contributed by atoms with E-state index in [9.17, 15) is 0 Å². The monoisotopic (exact) mass is 280 g/mol. The minimum Gasteiger partial charge on any atom is -0.497 e. The lowest BCUT2D eigenvalue weighted by molar-refractivity contribution is 0.251. The van der Waals surface area contributed by atoms with Gasteiger partial charge in [0, 0.05) is 6.07 Å². The topological polar surface area (TPSA) is 64.5 Å². The molecule has 0 spiro atoms. The van der Waals surface area contributed by atoms with Gasteiger partial charge in [0.1, 0.15) is 23.8 Å². The van der Waals surface area contributed by atoms with E-state index in [2.05, 4.69) is 10.2 Å². The number of benzene rings is 1. The Labute approximate surface area is 115 Å². The van der Waals surface area contributed by atoms with Crippen molar-refractivity contribution in [3.05, 3.63) is 46.7 Å². The summed E-state index contributed by atoms with van der Waals surface area (Å²) in [5, 5.41) is 16.8. The largest absolute Gasteiger partial charge is 0.497 e. The summed E-state index contributed by atoms with van der Waals surface area (Å²) in [5.41, 5.74) is 1.33. The summed E-state index contributed by atoms with van der Waals surface area (Å²) in [6.45, 7) is 0.0983. The molecule has 6 heteroatoms. The van der Waals surface area contributed by atoms with E-state index >= 15 is 0 Å². The first-order chi connectivity index (χ1) is 9.22. The molecule has 0 aliphatic heterocycles. The molecule has 19 heavy (non-hydrogen) atoms. The van der Waals surface area contributed by atoms with Gasteiger partial charge in [0.15, 0.2) is 5.15 Å². The molecule has 1 heterocycles. The van der Waals surface area contributed by atoms with E-state index in [0.29, 0.717) is 18.1 Å². The zero-order chi connectivity index (χ0) is 13.7. The van der Waals surface area contributed by atoms with Crippen LogP contribution >= 0.6 is 11.6 Å². The van der Waals surface area contributed by atoms with Crippen LogP contribution in [0, 0.1) is 0 Å². The number of ether oxygens (including phenoxy) is 2. The molecule has 0 fully saturated rings. The van der Waals surface area contributed by atoms with Crippen LogP contribution in [0.1, 0.15) is 11.3 Å². The third-order valence-corrected chi connectivity index (χ3v) is 2.69. The van der Waals surface area contributed by atoms with Crippen LogP contribution in [0.5, 0.6) is 11.5 Å². The van der Waals surface area contributed by atoms with Gasteiger partial charge in [-0.05, 0) is 17.7 Å². The van der Waals surface area contributed by atoms with E-state index in [4.69, 9.17) is 26.2 Å². The fraction of sp³-hybridized carbons (Fsp3) is 0.231. The maximum Gasteiger partial charge on any atom is 0.155 e. The van der Waals surface area contributed by atoms with Crippen molar-refractivity contribution in [1.29, 1.82) is 0 Å². The van der Waals surface area contributed by atoms with Gasteiger partial charge in [-0.3, -0.25) is 0 Å². The van der Waals surface area contributed by atoms with Crippen molar-refractivity contribution in [2.75, 3.05) is 7.11 Å². The summed E-state index contributed by atoms with van der Waals surface area (Å²) in [7, 11) is 1.61. The average molecular weight is 281 g/mol. The van der Waals surface area contributed by atoms with E-state index in [1.165, 1.54) is 6.07 Å². The molecule has 0 saturated heterocycles. The zero-order valence-electron chi connectivity index (χ0n) is 10.3. The number of hydrogen-bond donors (Lipinski definition) is 1. The second-order valence-electron chi connectivity index (χ2n) is 3.77. The molecule has 1 aromatic carbocycles. The summed E-state index contributed by atoms with van der Waals surface area (Å²) in [6, 6.07) is 9.03. The number of nitrogens with zero attached hydrogens (tertiary/aromatic N) is 2. The lowest BCUT2D eigenvalue weighted by atomic mass is 10.2. The number of aliphatic hydroxyl groups is 1. The van der Waals surface area contributed by atoms with E-state index in [-0.39, 0.29) is 11.8 Å². The highest BCUT2D eigenvalue weighted by molar-refractivity contribution is 6.29. The van der Waals surface area contributed by atoms with Gasteiger partial charge in [0.2, 0.25) is 0 Å². The number of aliphatic hydroxyl groups excluding tert-OH is 1. The first-order valence-electron chi connectivity index (χ1n) is 5.61. The van der Waals surface area contributed by atoms with E-state index in [1.54, 1.807) is 7.11 Å². The van der Waals surface area contributed by atoms with Crippen LogP contribution in [0.4, 0.5) is 0 Å². The molecule has 0 bridgehead atoms. The summed E-state index contributed by atoms with van der Waals surface area (Å²) in [5.74, 6) is 1.21. The highest BCUT2D eigenvalue weighted by Gasteiger charge is 2.07. The smallest absolute Gasteiger partial charge is 0.155 e. The van der Waals surface area contributed by atoms with Gasteiger partial charge in [-0.25, -0.2) is 0 Å². The van der Waals surface area contributed by atoms with Crippen LogP contribution < -0.4 is 9.47 Å². The lowest BCUT2D eigenvalue weighted by Gasteiger charge is -2.09. The van der Waals surface area contributed by atoms with Gasteiger partial charge in [0.05, 0.1) is 13.7 Å². The standard InChI is InChI=1S/C13H13ClN2O3/c1-18-10-4-2-9(3-5-10)8-19-12-6-13(14)16-15-11(12)7-17/h2-6,17H,7-8H2,1H3. The van der Waals surface area contributed by atoms with Crippen LogP contribution in [-0.2, 0) is 13.2 Å². The van der Waals surface area contributed by atoms with Crippen molar-refractivity contribution in [3.63, 3.8) is 0 Å². The molecule has 2 aromatic rings. The summed E-state index contributed by atoms with van der Waals surface area (Å²) in [6.07, 6.45) is 0. The average Bonchev–Trinajstić information content (AvgIpc) is 2.46. The van der Waals surface area contributed by atoms with Crippen LogP contribution in [0.25, 0.3) is 0 Å². The van der Waals surface area contributed by atoms with E-state index < -0.39 is 0 Å². The molecule has 0 unspecified atom stereocenters. The second kappa shape index (κ2) is 6.36. The van der Waals surface area contributed by atoms with Crippen molar-refractivity contribution in [1.82, 2.24) is 10.2 Å². The van der Waals surface area contributed by atoms with E-state index in [0.717, 1.165) is 11.3 Å². The Balaban J connectivity index is 2.07. The molecule has 0 radical (unpaired) electrons. The first kappa shape index (κ1) is 13.6. The number of rotatable bonds is 5. The Bertz CT molecular complexity index is 546. The Morgan fingerprint density at radius 2 is 1.95 bits per heavy atom. The van der Waals surface area contributed by atoms with Gasteiger partial charge in [-0.15, -0.1) is 10.2 Å². The van der Waals surface area contributed by atoms with Crippen molar-refractivity contribution in [2.24, 2.45) is 0 Å². The Morgan fingerprint density at radius 1 is 1.21 bits per heavy atom. The third kappa shape index (κ3) is 3.56. The molecule has 0 amide bonds. The van der Waals surface area contributed by atoms with Crippen molar-refractivity contribution < 1.29 is 14.6 Å². The van der Waals surface area contributed by atoms with Gasteiger partial charge >= 0.3 is 0 Å². The minimum atomic E-state index is -0.248. The third-order valence-electron chi connectivity index (χ3n) is 2.50. The molecule has 1 aromatic heterocycles. The van der Waals surface area contributed by atoms with Crippen LogP contribution in [0.15, 0.2) is 30.3 Å². The van der Waals surface area contributed by atoms with Gasteiger partial charge in [-0.2, -0.15) is 0 Å². The normalized spacial score (nSPS) is 10.3. The summed E-state index contributed by atoms with van der Waals surface area (Å²) >= 11 is 5.74. The Kier molecular flexibility index (Phi) is 4.54. The number of hydrogen-bond acceptors (Lipinski definition) is 5. The maximum absolute atomic E-state index is 9.13. The van der Waals surface area contributed by atoms with Gasteiger partial charge in [0.25, 0.3) is 0 Å². The lowest BCUT2D eigenvalue weighted by Crippen LogP contribution is -2.02. The molecule has 0 saturated carbocycles. The highest BCUT2D eigenvalue weighted by atomic mass is 35.5. The summed E-state index contributed by atoms with van der Waals surface area (Å²) in [4.78, 5) is 0. The second-order valence-corrected chi connectivity index (χ2v) is 4.16. The maximum atomic E-state index is 9.13. The van der Waals surface area contributed by atoms with Crippen LogP contribution in [0.2, 0.25) is 5.15 Å². The molecule has 0 aliphatic rings. The molecule has 1 N–H and O–H groups in total. The molecule has 2 rings (SSSR count). The van der Waals surface area contributed by atoms with Crippen molar-refractivity contribution >= 4 is 11.6 Å². The molecule has 0 aliphatic carbocycles. The van der Waals surface area contributed by atoms with Crippen LogP contribution in [-0.4, -0.2) is 22.4 Å². The number of halogens is 1. The predicted octanol–water partition coefficient (Wildman–Crippen LogP) is 2.21. The Hall–Kier alpha value is -1.85. The minimum absolute atomic E-state index is 0.224. The van der Waals surface area contributed by atoms with Crippen molar-refractivity contribution in [3.8, 4) is 11.5 Å². The SMILES string of the molecule is COc1ccc(COc2cc(Cl)nnc2CO)cc1. The predicted molar refractivity (Wildman–Crippen MR) is 70.3 cm³/mol. The van der Waals surface area contributed by atoms with Crippen LogP contribution in [0.3, 0.4) is 0 Å². The van der Waals surface area contributed by atoms with Gasteiger partial charge in [-0.1, -0.05) is 23.7 Å². The zero-order valence-corrected chi connectivity index (χ0v) is 11.1. The molecule has 100 valence electrons. The molecular formula is C13H13ClN2O3. The fourth-order valence-electron chi connectivity index (χ4n) is 1.50. The fourth-order valence-corrected chi connectivity index (χ4v) is 1.63. The van der Waals surface area contributed by atoms with E-state index in [1.807, 2.05) is 24.3 Å². The molecule has 5 nitrogen and oxygen atoms in total. The van der Waals surface area contributed by atoms with Gasteiger partial charge < -0.3 is 14.6 Å². The quantitative estimate of drug-likeness (QED) is 0.910. The molecular weight excluding hydrogens is 268 g/mol.